The SMILES string of the molecule is CC(C)COC1CC(NCc2ccncc2)C1(C)C. The van der Waals surface area contributed by atoms with Crippen molar-refractivity contribution in [3.8, 4) is 0 Å². The summed E-state index contributed by atoms with van der Waals surface area (Å²) in [6, 6.07) is 4.66. The minimum atomic E-state index is 0.224. The van der Waals surface area contributed by atoms with Crippen LogP contribution in [-0.4, -0.2) is 23.7 Å². The molecule has 2 rings (SSSR count). The highest BCUT2D eigenvalue weighted by Gasteiger charge is 2.48. The van der Waals surface area contributed by atoms with E-state index in [1.165, 1.54) is 5.56 Å². The van der Waals surface area contributed by atoms with E-state index in [4.69, 9.17) is 4.74 Å². The summed E-state index contributed by atoms with van der Waals surface area (Å²) < 4.78 is 5.99. The Morgan fingerprint density at radius 3 is 2.63 bits per heavy atom. The van der Waals surface area contributed by atoms with Gasteiger partial charge in [-0.15, -0.1) is 0 Å². The van der Waals surface area contributed by atoms with Gasteiger partial charge in [-0.25, -0.2) is 0 Å². The van der Waals surface area contributed by atoms with Crippen molar-refractivity contribution in [3.05, 3.63) is 30.1 Å². The van der Waals surface area contributed by atoms with E-state index >= 15 is 0 Å². The van der Waals surface area contributed by atoms with Gasteiger partial charge >= 0.3 is 0 Å². The Labute approximate surface area is 116 Å². The second kappa shape index (κ2) is 6.02. The molecule has 0 bridgehead atoms. The third-order valence-electron chi connectivity index (χ3n) is 4.11. The summed E-state index contributed by atoms with van der Waals surface area (Å²) in [5, 5.41) is 3.64. The van der Waals surface area contributed by atoms with Crippen molar-refractivity contribution in [2.24, 2.45) is 11.3 Å². The first-order valence-corrected chi connectivity index (χ1v) is 7.24. The van der Waals surface area contributed by atoms with Crippen LogP contribution in [0.5, 0.6) is 0 Å². The van der Waals surface area contributed by atoms with E-state index in [0.717, 1.165) is 19.6 Å². The maximum Gasteiger partial charge on any atom is 0.0656 e. The second-order valence-corrected chi connectivity index (χ2v) is 6.56. The molecule has 1 saturated carbocycles. The van der Waals surface area contributed by atoms with Crippen LogP contribution < -0.4 is 5.32 Å². The van der Waals surface area contributed by atoms with Crippen molar-refractivity contribution in [2.75, 3.05) is 6.61 Å². The molecular formula is C16H26N2O. The predicted molar refractivity (Wildman–Crippen MR) is 77.8 cm³/mol. The highest BCUT2D eigenvalue weighted by Crippen LogP contribution is 2.43. The topological polar surface area (TPSA) is 34.1 Å². The lowest BCUT2D eigenvalue weighted by Gasteiger charge is -2.52. The third kappa shape index (κ3) is 3.54. The quantitative estimate of drug-likeness (QED) is 0.855. The van der Waals surface area contributed by atoms with Crippen molar-refractivity contribution >= 4 is 0 Å². The van der Waals surface area contributed by atoms with Crippen molar-refractivity contribution in [1.82, 2.24) is 10.3 Å². The van der Waals surface area contributed by atoms with E-state index in [-0.39, 0.29) is 5.41 Å². The maximum atomic E-state index is 5.99. The summed E-state index contributed by atoms with van der Waals surface area (Å²) in [4.78, 5) is 4.04. The zero-order valence-electron chi connectivity index (χ0n) is 12.5. The third-order valence-corrected chi connectivity index (χ3v) is 4.11. The molecule has 2 atom stereocenters. The van der Waals surface area contributed by atoms with Gasteiger partial charge in [0, 0.05) is 37.0 Å². The number of hydrogen-bond donors (Lipinski definition) is 1. The average molecular weight is 262 g/mol. The number of nitrogens with one attached hydrogen (secondary N) is 1. The number of nitrogens with zero attached hydrogens (tertiary/aromatic N) is 1. The van der Waals surface area contributed by atoms with Gasteiger partial charge < -0.3 is 10.1 Å². The van der Waals surface area contributed by atoms with Gasteiger partial charge in [-0.05, 0) is 30.0 Å². The molecule has 2 unspecified atom stereocenters. The van der Waals surface area contributed by atoms with Gasteiger partial charge in [0.1, 0.15) is 0 Å². The molecule has 1 aliphatic carbocycles. The first-order chi connectivity index (χ1) is 9.00. The molecule has 1 heterocycles. The monoisotopic (exact) mass is 262 g/mol. The fraction of sp³-hybridized carbons (Fsp3) is 0.688. The Hall–Kier alpha value is -0.930. The first-order valence-electron chi connectivity index (χ1n) is 7.24. The Kier molecular flexibility index (Phi) is 4.58. The summed E-state index contributed by atoms with van der Waals surface area (Å²) in [5.74, 6) is 0.611. The summed E-state index contributed by atoms with van der Waals surface area (Å²) in [5.41, 5.74) is 1.51. The molecule has 1 aliphatic rings. The average Bonchev–Trinajstić information content (AvgIpc) is 2.37. The molecule has 3 heteroatoms. The van der Waals surface area contributed by atoms with Gasteiger partial charge in [-0.2, -0.15) is 0 Å². The lowest BCUT2D eigenvalue weighted by molar-refractivity contribution is -0.124. The molecule has 0 saturated heterocycles. The molecular weight excluding hydrogens is 236 g/mol. The van der Waals surface area contributed by atoms with Gasteiger partial charge in [0.2, 0.25) is 0 Å². The predicted octanol–water partition coefficient (Wildman–Crippen LogP) is 3.01. The van der Waals surface area contributed by atoms with Crippen LogP contribution >= 0.6 is 0 Å². The fourth-order valence-corrected chi connectivity index (χ4v) is 2.56. The fourth-order valence-electron chi connectivity index (χ4n) is 2.56. The minimum absolute atomic E-state index is 0.224. The van der Waals surface area contributed by atoms with Crippen LogP contribution in [-0.2, 0) is 11.3 Å². The van der Waals surface area contributed by atoms with Gasteiger partial charge in [-0.3, -0.25) is 4.98 Å². The Balaban J connectivity index is 1.78. The van der Waals surface area contributed by atoms with Crippen molar-refractivity contribution in [3.63, 3.8) is 0 Å². The minimum Gasteiger partial charge on any atom is -0.377 e. The molecule has 1 fully saturated rings. The lowest BCUT2D eigenvalue weighted by Crippen LogP contribution is -2.60. The van der Waals surface area contributed by atoms with Crippen molar-refractivity contribution < 1.29 is 4.74 Å². The molecule has 3 nitrogen and oxygen atoms in total. The van der Waals surface area contributed by atoms with Gasteiger partial charge in [-0.1, -0.05) is 27.7 Å². The van der Waals surface area contributed by atoms with E-state index < -0.39 is 0 Å². The van der Waals surface area contributed by atoms with Crippen LogP contribution in [0.2, 0.25) is 0 Å². The summed E-state index contributed by atoms with van der Waals surface area (Å²) in [6.45, 7) is 10.8. The highest BCUT2D eigenvalue weighted by atomic mass is 16.5. The number of ether oxygens (including phenoxy) is 1. The van der Waals surface area contributed by atoms with Gasteiger partial charge in [0.15, 0.2) is 0 Å². The summed E-state index contributed by atoms with van der Waals surface area (Å²) in [6.07, 6.45) is 5.20. The normalized spacial score (nSPS) is 25.3. The molecule has 0 radical (unpaired) electrons. The number of pyridine rings is 1. The molecule has 0 amide bonds. The number of rotatable bonds is 6. The molecule has 1 aromatic rings. The highest BCUT2D eigenvalue weighted by molar-refractivity contribution is 5.11. The van der Waals surface area contributed by atoms with E-state index in [9.17, 15) is 0 Å². The molecule has 1 N–H and O–H groups in total. The van der Waals surface area contributed by atoms with E-state index in [1.54, 1.807) is 0 Å². The van der Waals surface area contributed by atoms with Crippen LogP contribution in [0, 0.1) is 11.3 Å². The lowest BCUT2D eigenvalue weighted by atomic mass is 9.64. The van der Waals surface area contributed by atoms with Crippen molar-refractivity contribution in [1.29, 1.82) is 0 Å². The maximum absolute atomic E-state index is 5.99. The number of hydrogen-bond acceptors (Lipinski definition) is 3. The van der Waals surface area contributed by atoms with Crippen molar-refractivity contribution in [2.45, 2.75) is 52.8 Å². The Bertz CT molecular complexity index is 389. The van der Waals surface area contributed by atoms with Crippen LogP contribution in [0.3, 0.4) is 0 Å². The first kappa shape index (κ1) is 14.5. The summed E-state index contributed by atoms with van der Waals surface area (Å²) >= 11 is 0. The molecule has 1 aromatic heterocycles. The molecule has 0 spiro atoms. The molecule has 106 valence electrons. The largest absolute Gasteiger partial charge is 0.377 e. The Morgan fingerprint density at radius 1 is 1.37 bits per heavy atom. The number of aromatic nitrogens is 1. The van der Waals surface area contributed by atoms with E-state index in [1.807, 2.05) is 12.4 Å². The van der Waals surface area contributed by atoms with Crippen LogP contribution in [0.4, 0.5) is 0 Å². The van der Waals surface area contributed by atoms with E-state index in [0.29, 0.717) is 18.1 Å². The smallest absolute Gasteiger partial charge is 0.0656 e. The second-order valence-electron chi connectivity index (χ2n) is 6.56. The zero-order valence-corrected chi connectivity index (χ0v) is 12.5. The van der Waals surface area contributed by atoms with Gasteiger partial charge in [0.25, 0.3) is 0 Å². The Morgan fingerprint density at radius 2 is 2.05 bits per heavy atom. The molecule has 0 aliphatic heterocycles. The van der Waals surface area contributed by atoms with E-state index in [2.05, 4.69) is 50.1 Å². The standard InChI is InChI=1S/C16H26N2O/c1-12(2)11-19-15-9-14(16(15,3)4)18-10-13-5-7-17-8-6-13/h5-8,12,14-15,18H,9-11H2,1-4H3. The van der Waals surface area contributed by atoms with Gasteiger partial charge in [0.05, 0.1) is 6.10 Å². The zero-order chi connectivity index (χ0) is 13.9. The summed E-state index contributed by atoms with van der Waals surface area (Å²) in [7, 11) is 0. The van der Waals surface area contributed by atoms with Crippen LogP contribution in [0.15, 0.2) is 24.5 Å². The molecule has 0 aromatic carbocycles. The molecule has 19 heavy (non-hydrogen) atoms. The van der Waals surface area contributed by atoms with Crippen LogP contribution in [0.25, 0.3) is 0 Å². The van der Waals surface area contributed by atoms with Crippen LogP contribution in [0.1, 0.15) is 39.7 Å².